The summed E-state index contributed by atoms with van der Waals surface area (Å²) in [5, 5.41) is 5.66. The van der Waals surface area contributed by atoms with Crippen LogP contribution in [0.15, 0.2) is 0 Å². The van der Waals surface area contributed by atoms with Crippen molar-refractivity contribution in [3.05, 3.63) is 0 Å². The number of methoxy groups -OCH3 is 1. The Labute approximate surface area is 109 Å². The van der Waals surface area contributed by atoms with Crippen LogP contribution in [-0.2, 0) is 14.3 Å². The predicted molar refractivity (Wildman–Crippen MR) is 69.0 cm³/mol. The molecule has 1 aliphatic carbocycles. The molecule has 0 aliphatic heterocycles. The van der Waals surface area contributed by atoms with Crippen molar-refractivity contribution in [1.82, 2.24) is 10.6 Å². The summed E-state index contributed by atoms with van der Waals surface area (Å²) >= 11 is 0. The Bertz CT molecular complexity index is 315. The highest BCUT2D eigenvalue weighted by Gasteiger charge is 2.38. The van der Waals surface area contributed by atoms with Crippen molar-refractivity contribution in [2.45, 2.75) is 39.2 Å². The van der Waals surface area contributed by atoms with Crippen LogP contribution in [0.2, 0.25) is 0 Å². The molecule has 0 spiro atoms. The fourth-order valence-electron chi connectivity index (χ4n) is 1.95. The maximum Gasteiger partial charge on any atom is 0.223 e. The molecule has 1 aliphatic rings. The molecule has 1 rings (SSSR count). The summed E-state index contributed by atoms with van der Waals surface area (Å²) in [6.45, 7) is 6.73. The first-order valence-electron chi connectivity index (χ1n) is 6.43. The Balaban J connectivity index is 2.15. The monoisotopic (exact) mass is 256 g/mol. The summed E-state index contributed by atoms with van der Waals surface area (Å²) in [6, 6.07) is 0. The first-order chi connectivity index (χ1) is 8.35. The van der Waals surface area contributed by atoms with Crippen LogP contribution in [0.5, 0.6) is 0 Å². The third kappa shape index (κ3) is 5.04. The van der Waals surface area contributed by atoms with Gasteiger partial charge < -0.3 is 15.4 Å². The number of hydrogen-bond acceptors (Lipinski definition) is 3. The summed E-state index contributed by atoms with van der Waals surface area (Å²) < 4.78 is 5.02. The van der Waals surface area contributed by atoms with E-state index in [4.69, 9.17) is 4.74 Å². The van der Waals surface area contributed by atoms with Gasteiger partial charge in [-0.1, -0.05) is 6.92 Å². The second kappa shape index (κ2) is 6.18. The zero-order valence-corrected chi connectivity index (χ0v) is 11.7. The molecule has 0 aromatic carbocycles. The Hall–Kier alpha value is -1.10. The molecule has 5 heteroatoms. The van der Waals surface area contributed by atoms with E-state index in [1.807, 2.05) is 13.8 Å². The van der Waals surface area contributed by atoms with Gasteiger partial charge in [-0.05, 0) is 26.2 Å². The van der Waals surface area contributed by atoms with Gasteiger partial charge in [-0.25, -0.2) is 0 Å². The van der Waals surface area contributed by atoms with Gasteiger partial charge in [0.05, 0.1) is 12.1 Å². The summed E-state index contributed by atoms with van der Waals surface area (Å²) in [5.41, 5.74) is -0.374. The Kier molecular flexibility index (Phi) is 5.14. The molecule has 104 valence electrons. The molecule has 0 radical (unpaired) electrons. The normalized spacial score (nSPS) is 22.4. The Morgan fingerprint density at radius 1 is 1.39 bits per heavy atom. The van der Waals surface area contributed by atoms with Crippen LogP contribution in [0.4, 0.5) is 0 Å². The zero-order valence-electron chi connectivity index (χ0n) is 11.7. The number of hydrogen-bond donors (Lipinski definition) is 2. The molecule has 0 aromatic rings. The van der Waals surface area contributed by atoms with Crippen LogP contribution >= 0.6 is 0 Å². The molecule has 0 bridgehead atoms. The average molecular weight is 256 g/mol. The van der Waals surface area contributed by atoms with E-state index in [1.54, 1.807) is 7.11 Å². The van der Waals surface area contributed by atoms with Crippen LogP contribution in [0.3, 0.4) is 0 Å². The fourth-order valence-corrected chi connectivity index (χ4v) is 1.95. The van der Waals surface area contributed by atoms with Crippen LogP contribution in [0.25, 0.3) is 0 Å². The minimum atomic E-state index is -0.374. The topological polar surface area (TPSA) is 67.4 Å². The second-order valence-corrected chi connectivity index (χ2v) is 5.73. The summed E-state index contributed by atoms with van der Waals surface area (Å²) in [5.74, 6) is 0.671. The van der Waals surface area contributed by atoms with Crippen LogP contribution in [0, 0.1) is 11.8 Å². The standard InChI is InChI=1S/C13H24N2O3/c1-9-7-10(9)12(17)14-6-5-11(16)15-13(2,3)8-18-4/h9-10H,5-8H2,1-4H3,(H,14,17)(H,15,16)/t9-,10-/m0/s1. The number of carbonyl (C=O) groups is 2. The molecule has 0 heterocycles. The first-order valence-corrected chi connectivity index (χ1v) is 6.43. The van der Waals surface area contributed by atoms with Crippen molar-refractivity contribution in [3.8, 4) is 0 Å². The van der Waals surface area contributed by atoms with Crippen molar-refractivity contribution in [2.24, 2.45) is 11.8 Å². The van der Waals surface area contributed by atoms with Gasteiger partial charge in [-0.15, -0.1) is 0 Å². The van der Waals surface area contributed by atoms with Crippen molar-refractivity contribution < 1.29 is 14.3 Å². The number of amides is 2. The van der Waals surface area contributed by atoms with Crippen molar-refractivity contribution >= 4 is 11.8 Å². The highest BCUT2D eigenvalue weighted by molar-refractivity contribution is 5.82. The third-order valence-corrected chi connectivity index (χ3v) is 3.08. The lowest BCUT2D eigenvalue weighted by molar-refractivity contribution is -0.124. The van der Waals surface area contributed by atoms with Gasteiger partial charge in [0.2, 0.25) is 11.8 Å². The highest BCUT2D eigenvalue weighted by atomic mass is 16.5. The van der Waals surface area contributed by atoms with Gasteiger partial charge in [0.15, 0.2) is 0 Å². The average Bonchev–Trinajstić information content (AvgIpc) is 2.94. The Morgan fingerprint density at radius 2 is 2.00 bits per heavy atom. The lowest BCUT2D eigenvalue weighted by Gasteiger charge is -2.25. The van der Waals surface area contributed by atoms with Gasteiger partial charge in [-0.3, -0.25) is 9.59 Å². The number of nitrogens with one attached hydrogen (secondary N) is 2. The van der Waals surface area contributed by atoms with E-state index in [0.29, 0.717) is 25.5 Å². The minimum Gasteiger partial charge on any atom is -0.382 e. The molecule has 2 atom stereocenters. The predicted octanol–water partition coefficient (Wildman–Crippen LogP) is 0.690. The molecule has 0 saturated heterocycles. The van der Waals surface area contributed by atoms with E-state index < -0.39 is 0 Å². The van der Waals surface area contributed by atoms with Crippen LogP contribution in [0.1, 0.15) is 33.6 Å². The molecule has 1 saturated carbocycles. The second-order valence-electron chi connectivity index (χ2n) is 5.73. The molecular weight excluding hydrogens is 232 g/mol. The van der Waals surface area contributed by atoms with Crippen molar-refractivity contribution in [1.29, 1.82) is 0 Å². The van der Waals surface area contributed by atoms with Crippen LogP contribution < -0.4 is 10.6 Å². The highest BCUT2D eigenvalue weighted by Crippen LogP contribution is 2.37. The maximum atomic E-state index is 11.6. The van der Waals surface area contributed by atoms with E-state index in [1.165, 1.54) is 0 Å². The molecule has 0 unspecified atom stereocenters. The van der Waals surface area contributed by atoms with E-state index >= 15 is 0 Å². The van der Waals surface area contributed by atoms with E-state index in [2.05, 4.69) is 17.6 Å². The molecule has 5 nitrogen and oxygen atoms in total. The minimum absolute atomic E-state index is 0.0683. The number of rotatable bonds is 7. The van der Waals surface area contributed by atoms with Crippen LogP contribution in [-0.4, -0.2) is 37.6 Å². The van der Waals surface area contributed by atoms with E-state index in [9.17, 15) is 9.59 Å². The summed E-state index contributed by atoms with van der Waals surface area (Å²) in [7, 11) is 1.60. The SMILES string of the molecule is COCC(C)(C)NC(=O)CCNC(=O)[C@H]1C[C@@H]1C. The Morgan fingerprint density at radius 3 is 2.50 bits per heavy atom. The molecule has 1 fully saturated rings. The van der Waals surface area contributed by atoms with Crippen molar-refractivity contribution in [2.75, 3.05) is 20.3 Å². The van der Waals surface area contributed by atoms with E-state index in [-0.39, 0.29) is 23.3 Å². The smallest absolute Gasteiger partial charge is 0.223 e. The van der Waals surface area contributed by atoms with Gasteiger partial charge >= 0.3 is 0 Å². The molecule has 2 N–H and O–H groups in total. The lowest BCUT2D eigenvalue weighted by atomic mass is 10.1. The van der Waals surface area contributed by atoms with Gasteiger partial charge in [0.25, 0.3) is 0 Å². The zero-order chi connectivity index (χ0) is 13.8. The molecule has 18 heavy (non-hydrogen) atoms. The summed E-state index contributed by atoms with van der Waals surface area (Å²) in [4.78, 5) is 23.2. The molecular formula is C13H24N2O3. The molecule has 2 amide bonds. The van der Waals surface area contributed by atoms with Gasteiger partial charge in [-0.2, -0.15) is 0 Å². The largest absolute Gasteiger partial charge is 0.382 e. The number of carbonyl (C=O) groups excluding carboxylic acids is 2. The third-order valence-electron chi connectivity index (χ3n) is 3.08. The maximum absolute atomic E-state index is 11.6. The number of ether oxygens (including phenoxy) is 1. The lowest BCUT2D eigenvalue weighted by Crippen LogP contribution is -2.47. The van der Waals surface area contributed by atoms with E-state index in [0.717, 1.165) is 6.42 Å². The van der Waals surface area contributed by atoms with Gasteiger partial charge in [0, 0.05) is 26.0 Å². The van der Waals surface area contributed by atoms with Gasteiger partial charge in [0.1, 0.15) is 0 Å². The molecule has 0 aromatic heterocycles. The fraction of sp³-hybridized carbons (Fsp3) is 0.846. The summed E-state index contributed by atoms with van der Waals surface area (Å²) in [6.07, 6.45) is 1.28. The first kappa shape index (κ1) is 15.0. The van der Waals surface area contributed by atoms with Crippen molar-refractivity contribution in [3.63, 3.8) is 0 Å². The quantitative estimate of drug-likeness (QED) is 0.704.